The van der Waals surface area contributed by atoms with Crippen LogP contribution < -0.4 is 0 Å². The monoisotopic (exact) mass is 227 g/mol. The molecule has 1 N–H and O–H groups in total. The molecule has 15 heavy (non-hydrogen) atoms. The smallest absolute Gasteiger partial charge is 0.0894 e. The summed E-state index contributed by atoms with van der Waals surface area (Å²) in [5.74, 6) is 0. The maximum atomic E-state index is 9.89. The quantitative estimate of drug-likeness (QED) is 0.846. The molecule has 0 saturated carbocycles. The molecule has 3 nitrogen and oxygen atoms in total. The third-order valence-corrected chi connectivity index (χ3v) is 3.67. The van der Waals surface area contributed by atoms with Gasteiger partial charge in [-0.15, -0.1) is 11.3 Å². The minimum Gasteiger partial charge on any atom is -0.388 e. The molecule has 0 amide bonds. The zero-order valence-corrected chi connectivity index (χ0v) is 9.58. The van der Waals surface area contributed by atoms with Gasteiger partial charge in [0.1, 0.15) is 0 Å². The summed E-state index contributed by atoms with van der Waals surface area (Å²) < 4.78 is 5.28. The Morgan fingerprint density at radius 2 is 2.27 bits per heavy atom. The highest BCUT2D eigenvalue weighted by Crippen LogP contribution is 2.21. The van der Waals surface area contributed by atoms with Crippen LogP contribution >= 0.6 is 11.3 Å². The summed E-state index contributed by atoms with van der Waals surface area (Å²) in [6.07, 6.45) is 0.522. The van der Waals surface area contributed by atoms with Crippen molar-refractivity contribution in [1.29, 1.82) is 0 Å². The topological polar surface area (TPSA) is 32.7 Å². The number of ether oxygens (including phenoxy) is 1. The number of hydrogen-bond acceptors (Lipinski definition) is 4. The molecule has 0 aromatic carbocycles. The van der Waals surface area contributed by atoms with E-state index in [1.54, 1.807) is 11.3 Å². The van der Waals surface area contributed by atoms with Gasteiger partial charge in [-0.2, -0.15) is 0 Å². The Kier molecular flexibility index (Phi) is 4.14. The molecule has 2 heterocycles. The van der Waals surface area contributed by atoms with Crippen LogP contribution in [0.3, 0.4) is 0 Å². The second-order valence-electron chi connectivity index (χ2n) is 3.77. The minimum absolute atomic E-state index is 0.298. The van der Waals surface area contributed by atoms with Crippen LogP contribution in [0.1, 0.15) is 17.4 Å². The highest BCUT2D eigenvalue weighted by Gasteiger charge is 2.13. The average molecular weight is 227 g/mol. The van der Waals surface area contributed by atoms with Gasteiger partial charge in [-0.25, -0.2) is 0 Å². The van der Waals surface area contributed by atoms with Gasteiger partial charge in [0.25, 0.3) is 0 Å². The molecule has 1 aromatic rings. The average Bonchev–Trinajstić information content (AvgIpc) is 2.81. The van der Waals surface area contributed by atoms with E-state index in [0.717, 1.165) is 44.1 Å². The lowest BCUT2D eigenvalue weighted by molar-refractivity contribution is 0.0303. The van der Waals surface area contributed by atoms with E-state index in [4.69, 9.17) is 4.74 Å². The van der Waals surface area contributed by atoms with Crippen molar-refractivity contribution < 1.29 is 9.84 Å². The Morgan fingerprint density at radius 1 is 1.47 bits per heavy atom. The molecule has 1 aliphatic rings. The van der Waals surface area contributed by atoms with E-state index in [2.05, 4.69) is 4.90 Å². The van der Waals surface area contributed by atoms with E-state index in [1.165, 1.54) is 0 Å². The molecule has 1 atom stereocenters. The first-order valence-electron chi connectivity index (χ1n) is 5.38. The van der Waals surface area contributed by atoms with Crippen LogP contribution in [0, 0.1) is 0 Å². The summed E-state index contributed by atoms with van der Waals surface area (Å²) >= 11 is 1.62. The predicted octanol–water partition coefficient (Wildman–Crippen LogP) is 1.50. The number of thiophene rings is 1. The van der Waals surface area contributed by atoms with Crippen LogP contribution in [0.2, 0.25) is 0 Å². The van der Waals surface area contributed by atoms with Crippen molar-refractivity contribution in [2.45, 2.75) is 12.5 Å². The standard InChI is InChI=1S/C11H17NO2S/c13-10(11-2-1-9-15-11)3-4-12-5-7-14-8-6-12/h1-2,9-10,13H,3-8H2/t10-/m1/s1. The first-order chi connectivity index (χ1) is 7.36. The van der Waals surface area contributed by atoms with Crippen molar-refractivity contribution in [3.05, 3.63) is 22.4 Å². The summed E-state index contributed by atoms with van der Waals surface area (Å²) in [6.45, 7) is 4.61. The Morgan fingerprint density at radius 3 is 2.93 bits per heavy atom. The molecule has 0 spiro atoms. The van der Waals surface area contributed by atoms with Gasteiger partial charge < -0.3 is 9.84 Å². The van der Waals surface area contributed by atoms with Gasteiger partial charge in [0.05, 0.1) is 19.3 Å². The number of morpholine rings is 1. The van der Waals surface area contributed by atoms with Crippen molar-refractivity contribution >= 4 is 11.3 Å². The van der Waals surface area contributed by atoms with E-state index < -0.39 is 0 Å². The van der Waals surface area contributed by atoms with Crippen LogP contribution in [-0.4, -0.2) is 42.9 Å². The molecule has 0 unspecified atom stereocenters. The fourth-order valence-corrected chi connectivity index (χ4v) is 2.50. The van der Waals surface area contributed by atoms with Gasteiger partial charge in [0, 0.05) is 24.5 Å². The van der Waals surface area contributed by atoms with E-state index in [-0.39, 0.29) is 6.10 Å². The normalized spacial score (nSPS) is 20.3. The Hall–Kier alpha value is -0.420. The van der Waals surface area contributed by atoms with Crippen molar-refractivity contribution in [2.24, 2.45) is 0 Å². The minimum atomic E-state index is -0.298. The van der Waals surface area contributed by atoms with Crippen molar-refractivity contribution in [2.75, 3.05) is 32.8 Å². The predicted molar refractivity (Wildman–Crippen MR) is 61.2 cm³/mol. The molecule has 0 radical (unpaired) electrons. The number of rotatable bonds is 4. The van der Waals surface area contributed by atoms with E-state index >= 15 is 0 Å². The van der Waals surface area contributed by atoms with Crippen LogP contribution in [0.25, 0.3) is 0 Å². The SMILES string of the molecule is O[C@H](CCN1CCOCC1)c1cccs1. The fourth-order valence-electron chi connectivity index (χ4n) is 1.75. The van der Waals surface area contributed by atoms with Gasteiger partial charge in [-0.1, -0.05) is 6.07 Å². The second kappa shape index (κ2) is 5.61. The lowest BCUT2D eigenvalue weighted by atomic mass is 10.2. The molecule has 1 aromatic heterocycles. The van der Waals surface area contributed by atoms with Crippen molar-refractivity contribution in [1.82, 2.24) is 4.90 Å². The Bertz CT molecular complexity index is 270. The van der Waals surface area contributed by atoms with Crippen molar-refractivity contribution in [3.8, 4) is 0 Å². The van der Waals surface area contributed by atoms with Gasteiger partial charge >= 0.3 is 0 Å². The Balaban J connectivity index is 1.73. The van der Waals surface area contributed by atoms with Crippen LogP contribution in [0.5, 0.6) is 0 Å². The molecule has 4 heteroatoms. The first kappa shape index (κ1) is 11.1. The van der Waals surface area contributed by atoms with E-state index in [0.29, 0.717) is 0 Å². The lowest BCUT2D eigenvalue weighted by Gasteiger charge is -2.27. The molecule has 1 fully saturated rings. The molecular weight excluding hydrogens is 210 g/mol. The molecule has 0 bridgehead atoms. The third kappa shape index (κ3) is 3.28. The van der Waals surface area contributed by atoms with Crippen LogP contribution in [0.4, 0.5) is 0 Å². The summed E-state index contributed by atoms with van der Waals surface area (Å²) in [4.78, 5) is 3.42. The largest absolute Gasteiger partial charge is 0.388 e. The van der Waals surface area contributed by atoms with Crippen LogP contribution in [0.15, 0.2) is 17.5 Å². The third-order valence-electron chi connectivity index (χ3n) is 2.69. The molecule has 1 aliphatic heterocycles. The highest BCUT2D eigenvalue weighted by atomic mass is 32.1. The first-order valence-corrected chi connectivity index (χ1v) is 6.26. The molecular formula is C11H17NO2S. The number of aliphatic hydroxyl groups excluding tert-OH is 1. The zero-order chi connectivity index (χ0) is 10.5. The molecule has 84 valence electrons. The number of hydrogen-bond donors (Lipinski definition) is 1. The molecule has 2 rings (SSSR count). The fraction of sp³-hybridized carbons (Fsp3) is 0.636. The van der Waals surface area contributed by atoms with Gasteiger partial charge in [0.2, 0.25) is 0 Å². The summed E-state index contributed by atoms with van der Waals surface area (Å²) in [5.41, 5.74) is 0. The number of nitrogens with zero attached hydrogens (tertiary/aromatic N) is 1. The molecule has 0 aliphatic carbocycles. The number of aliphatic hydroxyl groups is 1. The lowest BCUT2D eigenvalue weighted by Crippen LogP contribution is -2.37. The van der Waals surface area contributed by atoms with E-state index in [1.807, 2.05) is 17.5 Å². The van der Waals surface area contributed by atoms with E-state index in [9.17, 15) is 5.11 Å². The van der Waals surface area contributed by atoms with Gasteiger partial charge in [-0.3, -0.25) is 4.90 Å². The van der Waals surface area contributed by atoms with Crippen molar-refractivity contribution in [3.63, 3.8) is 0 Å². The molecule has 1 saturated heterocycles. The maximum Gasteiger partial charge on any atom is 0.0894 e. The summed E-state index contributed by atoms with van der Waals surface area (Å²) in [6, 6.07) is 3.98. The summed E-state index contributed by atoms with van der Waals surface area (Å²) in [7, 11) is 0. The van der Waals surface area contributed by atoms with Gasteiger partial charge in [0.15, 0.2) is 0 Å². The maximum absolute atomic E-state index is 9.89. The van der Waals surface area contributed by atoms with Crippen LogP contribution in [-0.2, 0) is 4.74 Å². The summed E-state index contributed by atoms with van der Waals surface area (Å²) in [5, 5.41) is 11.9. The van der Waals surface area contributed by atoms with Gasteiger partial charge in [-0.05, 0) is 17.9 Å². The second-order valence-corrected chi connectivity index (χ2v) is 4.75. The highest BCUT2D eigenvalue weighted by molar-refractivity contribution is 7.10. The zero-order valence-electron chi connectivity index (χ0n) is 8.76. The Labute approximate surface area is 94.3 Å².